The Bertz CT molecular complexity index is 730. The highest BCUT2D eigenvalue weighted by Gasteiger charge is 2.07. The molecule has 3 aromatic rings. The number of rotatable bonds is 1. The van der Waals surface area contributed by atoms with Crippen LogP contribution in [0.25, 0.3) is 20.7 Å². The number of nitrogens with one attached hydrogen (secondary N) is 1. The molecule has 0 saturated carbocycles. The Morgan fingerprint density at radius 3 is 2.71 bits per heavy atom. The second kappa shape index (κ2) is 4.23. The lowest BCUT2D eigenvalue weighted by Crippen LogP contribution is -2.02. The van der Waals surface area contributed by atoms with Gasteiger partial charge in [-0.2, -0.15) is 0 Å². The van der Waals surface area contributed by atoms with Crippen LogP contribution in [0.4, 0.5) is 0 Å². The van der Waals surface area contributed by atoms with Crippen LogP contribution in [0.3, 0.4) is 0 Å². The molecule has 2 aromatic heterocycles. The summed E-state index contributed by atoms with van der Waals surface area (Å²) in [6.07, 6.45) is 1.44. The van der Waals surface area contributed by atoms with Crippen molar-refractivity contribution in [3.63, 3.8) is 0 Å². The Morgan fingerprint density at radius 2 is 2.00 bits per heavy atom. The molecule has 0 amide bonds. The Hall–Kier alpha value is -1.21. The van der Waals surface area contributed by atoms with E-state index in [0.717, 1.165) is 16.0 Å². The number of aromatic nitrogens is 2. The summed E-state index contributed by atoms with van der Waals surface area (Å²) in [6, 6.07) is 10.2. The minimum atomic E-state index is -0.0724. The van der Waals surface area contributed by atoms with E-state index in [1.165, 1.54) is 21.2 Å². The Kier molecular flexibility index (Phi) is 2.71. The number of hydrogen-bond donors (Lipinski definition) is 1. The van der Waals surface area contributed by atoms with Gasteiger partial charge < -0.3 is 4.98 Å². The van der Waals surface area contributed by atoms with Crippen molar-refractivity contribution in [3.8, 4) is 10.4 Å². The van der Waals surface area contributed by atoms with Gasteiger partial charge in [0, 0.05) is 8.45 Å². The van der Waals surface area contributed by atoms with Crippen LogP contribution in [-0.4, -0.2) is 9.97 Å². The van der Waals surface area contributed by atoms with Gasteiger partial charge in [-0.15, -0.1) is 11.3 Å². The number of hydrogen-bond acceptors (Lipinski definition) is 3. The van der Waals surface area contributed by atoms with Crippen molar-refractivity contribution in [1.29, 1.82) is 0 Å². The summed E-state index contributed by atoms with van der Waals surface area (Å²) in [5.74, 6) is 0. The van der Waals surface area contributed by atoms with E-state index in [0.29, 0.717) is 4.70 Å². The first-order valence-corrected chi connectivity index (χ1v) is 6.87. The molecule has 0 radical (unpaired) electrons. The highest BCUT2D eigenvalue weighted by atomic mass is 127. The van der Waals surface area contributed by atoms with Crippen LogP contribution in [0, 0.1) is 3.57 Å². The lowest BCUT2D eigenvalue weighted by molar-refractivity contribution is 1.18. The molecular weight excluding hydrogens is 347 g/mol. The first kappa shape index (κ1) is 10.9. The standard InChI is InChI=1S/C12H7IN2OS/c13-8-3-1-7(2-4-8)10-5-9-11(17-10)12(16)15-6-14-9/h1-6H,(H,14,15,16). The van der Waals surface area contributed by atoms with Crippen LogP contribution in [0.15, 0.2) is 41.5 Å². The summed E-state index contributed by atoms with van der Waals surface area (Å²) in [4.78, 5) is 19.4. The molecule has 84 valence electrons. The minimum absolute atomic E-state index is 0.0724. The highest BCUT2D eigenvalue weighted by molar-refractivity contribution is 14.1. The fourth-order valence-corrected chi connectivity index (χ4v) is 2.99. The molecule has 0 bridgehead atoms. The third-order valence-corrected chi connectivity index (χ3v) is 4.34. The topological polar surface area (TPSA) is 45.8 Å². The molecule has 0 aliphatic carbocycles. The van der Waals surface area contributed by atoms with Crippen LogP contribution < -0.4 is 5.56 Å². The van der Waals surface area contributed by atoms with Crippen LogP contribution in [-0.2, 0) is 0 Å². The third kappa shape index (κ3) is 2.00. The fraction of sp³-hybridized carbons (Fsp3) is 0. The van der Waals surface area contributed by atoms with Gasteiger partial charge in [-0.3, -0.25) is 4.79 Å². The van der Waals surface area contributed by atoms with Crippen LogP contribution in [0.5, 0.6) is 0 Å². The number of nitrogens with zero attached hydrogens (tertiary/aromatic N) is 1. The normalized spacial score (nSPS) is 10.9. The molecule has 5 heteroatoms. The summed E-state index contributed by atoms with van der Waals surface area (Å²) < 4.78 is 1.88. The van der Waals surface area contributed by atoms with Crippen LogP contribution in [0.1, 0.15) is 0 Å². The third-order valence-electron chi connectivity index (χ3n) is 2.45. The average Bonchev–Trinajstić information content (AvgIpc) is 2.75. The molecular formula is C12H7IN2OS. The van der Waals surface area contributed by atoms with Crippen LogP contribution in [0.2, 0.25) is 0 Å². The van der Waals surface area contributed by atoms with Gasteiger partial charge >= 0.3 is 0 Å². The van der Waals surface area contributed by atoms with E-state index in [9.17, 15) is 4.79 Å². The lowest BCUT2D eigenvalue weighted by Gasteiger charge is -1.95. The van der Waals surface area contributed by atoms with Crippen molar-refractivity contribution < 1.29 is 0 Å². The molecule has 0 aliphatic rings. The molecule has 0 atom stereocenters. The first-order valence-electron chi connectivity index (χ1n) is 4.97. The number of aromatic amines is 1. The second-order valence-electron chi connectivity index (χ2n) is 3.56. The van der Waals surface area contributed by atoms with Gasteiger partial charge in [0.05, 0.1) is 11.8 Å². The van der Waals surface area contributed by atoms with Crippen LogP contribution >= 0.6 is 33.9 Å². The maximum atomic E-state index is 11.6. The van der Waals surface area contributed by atoms with E-state index < -0.39 is 0 Å². The van der Waals surface area contributed by atoms with Crippen molar-refractivity contribution >= 4 is 44.1 Å². The molecule has 2 heterocycles. The first-order chi connectivity index (χ1) is 8.24. The molecule has 0 saturated heterocycles. The van der Waals surface area contributed by atoms with Gasteiger partial charge in [0.1, 0.15) is 4.70 Å². The highest BCUT2D eigenvalue weighted by Crippen LogP contribution is 2.30. The van der Waals surface area contributed by atoms with Crippen molar-refractivity contribution in [1.82, 2.24) is 9.97 Å². The zero-order chi connectivity index (χ0) is 11.8. The van der Waals surface area contributed by atoms with E-state index in [2.05, 4.69) is 56.8 Å². The molecule has 3 rings (SSSR count). The quantitative estimate of drug-likeness (QED) is 0.682. The van der Waals surface area contributed by atoms with E-state index in [1.54, 1.807) is 0 Å². The van der Waals surface area contributed by atoms with E-state index in [1.807, 2.05) is 6.07 Å². The van der Waals surface area contributed by atoms with Crippen molar-refractivity contribution in [3.05, 3.63) is 50.6 Å². The number of halogens is 1. The van der Waals surface area contributed by atoms with Gasteiger partial charge in [-0.05, 0) is 46.4 Å². The smallest absolute Gasteiger partial charge is 0.268 e. The predicted octanol–water partition coefficient (Wildman–Crippen LogP) is 3.26. The van der Waals surface area contributed by atoms with Gasteiger partial charge in [0.25, 0.3) is 5.56 Å². The van der Waals surface area contributed by atoms with Crippen molar-refractivity contribution in [2.45, 2.75) is 0 Å². The maximum absolute atomic E-state index is 11.6. The van der Waals surface area contributed by atoms with Crippen molar-refractivity contribution in [2.75, 3.05) is 0 Å². The molecule has 0 aliphatic heterocycles. The Morgan fingerprint density at radius 1 is 1.24 bits per heavy atom. The zero-order valence-electron chi connectivity index (χ0n) is 8.61. The number of H-pyrrole nitrogens is 1. The summed E-state index contributed by atoms with van der Waals surface area (Å²) in [5.41, 5.74) is 1.80. The number of fused-ring (bicyclic) bond motifs is 1. The average molecular weight is 354 g/mol. The summed E-state index contributed by atoms with van der Waals surface area (Å²) in [6.45, 7) is 0. The molecule has 1 aromatic carbocycles. The Balaban J connectivity index is 2.21. The predicted molar refractivity (Wildman–Crippen MR) is 78.4 cm³/mol. The SMILES string of the molecule is O=c1[nH]cnc2cc(-c3ccc(I)cc3)sc12. The van der Waals surface area contributed by atoms with E-state index in [-0.39, 0.29) is 5.56 Å². The number of thiophene rings is 1. The molecule has 1 N–H and O–H groups in total. The van der Waals surface area contributed by atoms with Gasteiger partial charge in [-0.25, -0.2) is 4.98 Å². The summed E-state index contributed by atoms with van der Waals surface area (Å²) >= 11 is 3.75. The summed E-state index contributed by atoms with van der Waals surface area (Å²) in [7, 11) is 0. The molecule has 0 spiro atoms. The van der Waals surface area contributed by atoms with E-state index in [4.69, 9.17) is 0 Å². The van der Waals surface area contributed by atoms with Crippen molar-refractivity contribution in [2.24, 2.45) is 0 Å². The molecule has 0 fully saturated rings. The largest absolute Gasteiger partial charge is 0.312 e. The molecule has 3 nitrogen and oxygen atoms in total. The number of benzene rings is 1. The fourth-order valence-electron chi connectivity index (χ4n) is 1.62. The lowest BCUT2D eigenvalue weighted by atomic mass is 10.2. The monoisotopic (exact) mass is 354 g/mol. The maximum Gasteiger partial charge on any atom is 0.268 e. The molecule has 17 heavy (non-hydrogen) atoms. The van der Waals surface area contributed by atoms with Gasteiger partial charge in [0.15, 0.2) is 0 Å². The minimum Gasteiger partial charge on any atom is -0.312 e. The van der Waals surface area contributed by atoms with Gasteiger partial charge in [-0.1, -0.05) is 12.1 Å². The second-order valence-corrected chi connectivity index (χ2v) is 5.86. The van der Waals surface area contributed by atoms with Gasteiger partial charge in [0.2, 0.25) is 0 Å². The molecule has 0 unspecified atom stereocenters. The zero-order valence-corrected chi connectivity index (χ0v) is 11.6. The summed E-state index contributed by atoms with van der Waals surface area (Å²) in [5, 5.41) is 0. The Labute approximate surface area is 115 Å². The van der Waals surface area contributed by atoms with E-state index >= 15 is 0 Å².